The van der Waals surface area contributed by atoms with Crippen molar-refractivity contribution in [3.05, 3.63) is 0 Å². The summed E-state index contributed by atoms with van der Waals surface area (Å²) >= 11 is 6.19. The van der Waals surface area contributed by atoms with Gasteiger partial charge in [0.1, 0.15) is 0 Å². The predicted molar refractivity (Wildman–Crippen MR) is 68.9 cm³/mol. The molecular formula is C14H22ClNO. The van der Waals surface area contributed by atoms with E-state index in [0.717, 1.165) is 18.3 Å². The van der Waals surface area contributed by atoms with Gasteiger partial charge < -0.3 is 5.32 Å². The smallest absolute Gasteiger partial charge is 0.220 e. The Balaban J connectivity index is 1.38. The summed E-state index contributed by atoms with van der Waals surface area (Å²) in [6.45, 7) is 0.672. The Morgan fingerprint density at radius 2 is 2.06 bits per heavy atom. The maximum Gasteiger partial charge on any atom is 0.220 e. The molecular weight excluding hydrogens is 234 g/mol. The molecule has 2 nitrogen and oxygen atoms in total. The van der Waals surface area contributed by atoms with Crippen LogP contribution in [-0.4, -0.2) is 17.8 Å². The zero-order valence-electron chi connectivity index (χ0n) is 10.3. The molecule has 0 aromatic rings. The fourth-order valence-corrected chi connectivity index (χ4v) is 4.10. The van der Waals surface area contributed by atoms with Crippen LogP contribution in [-0.2, 0) is 4.79 Å². The summed E-state index contributed by atoms with van der Waals surface area (Å²) in [4.78, 5) is 11.9. The third-order valence-corrected chi connectivity index (χ3v) is 5.47. The highest BCUT2D eigenvalue weighted by atomic mass is 35.5. The van der Waals surface area contributed by atoms with Gasteiger partial charge in [-0.15, -0.1) is 11.6 Å². The molecule has 0 aromatic heterocycles. The van der Waals surface area contributed by atoms with Gasteiger partial charge in [-0.1, -0.05) is 6.42 Å². The molecule has 0 heterocycles. The van der Waals surface area contributed by atoms with Gasteiger partial charge in [0.25, 0.3) is 0 Å². The van der Waals surface area contributed by atoms with E-state index in [1.165, 1.54) is 38.5 Å². The molecule has 1 amide bonds. The van der Waals surface area contributed by atoms with Crippen LogP contribution in [0.25, 0.3) is 0 Å². The molecule has 0 aromatic carbocycles. The standard InChI is InChI=1S/C14H22ClNO/c15-13(10-3-4-10)8-16-14(17)7-12-6-9-1-2-11(12)5-9/h9-13H,1-8H2,(H,16,17). The van der Waals surface area contributed by atoms with Crippen molar-refractivity contribution in [1.82, 2.24) is 5.32 Å². The van der Waals surface area contributed by atoms with Crippen molar-refractivity contribution in [1.29, 1.82) is 0 Å². The van der Waals surface area contributed by atoms with Gasteiger partial charge in [-0.05, 0) is 55.8 Å². The van der Waals surface area contributed by atoms with E-state index in [4.69, 9.17) is 11.6 Å². The SMILES string of the molecule is O=C(CC1CC2CCC1C2)NCC(Cl)C1CC1. The van der Waals surface area contributed by atoms with E-state index < -0.39 is 0 Å². The van der Waals surface area contributed by atoms with Crippen LogP contribution in [0.15, 0.2) is 0 Å². The first kappa shape index (κ1) is 11.8. The number of carbonyl (C=O) groups excluding carboxylic acids is 1. The zero-order chi connectivity index (χ0) is 11.8. The number of rotatable bonds is 5. The monoisotopic (exact) mass is 255 g/mol. The number of alkyl halides is 1. The summed E-state index contributed by atoms with van der Waals surface area (Å²) < 4.78 is 0. The Hall–Kier alpha value is -0.240. The first-order valence-electron chi connectivity index (χ1n) is 7.13. The van der Waals surface area contributed by atoms with Gasteiger partial charge in [0, 0.05) is 13.0 Å². The molecule has 3 aliphatic carbocycles. The Morgan fingerprint density at radius 1 is 1.24 bits per heavy atom. The topological polar surface area (TPSA) is 29.1 Å². The van der Waals surface area contributed by atoms with Crippen LogP contribution in [0.2, 0.25) is 0 Å². The van der Waals surface area contributed by atoms with Crippen LogP contribution >= 0.6 is 11.6 Å². The summed E-state index contributed by atoms with van der Waals surface area (Å²) in [6.07, 6.45) is 8.70. The largest absolute Gasteiger partial charge is 0.355 e. The molecule has 3 rings (SSSR count). The molecule has 3 heteroatoms. The normalized spacial score (nSPS) is 37.1. The van der Waals surface area contributed by atoms with E-state index >= 15 is 0 Å². The number of carbonyl (C=O) groups is 1. The molecule has 3 saturated carbocycles. The van der Waals surface area contributed by atoms with Crippen molar-refractivity contribution in [2.45, 2.75) is 50.3 Å². The second-order valence-corrected chi connectivity index (χ2v) is 6.86. The van der Waals surface area contributed by atoms with E-state index in [1.54, 1.807) is 0 Å². The third-order valence-electron chi connectivity index (χ3n) is 4.96. The van der Waals surface area contributed by atoms with E-state index in [9.17, 15) is 4.79 Å². The second-order valence-electron chi connectivity index (χ2n) is 6.30. The molecule has 0 spiro atoms. The van der Waals surface area contributed by atoms with E-state index in [0.29, 0.717) is 18.4 Å². The average Bonchev–Trinajstić information content (AvgIpc) is 2.97. The third kappa shape index (κ3) is 2.78. The fourth-order valence-electron chi connectivity index (χ4n) is 3.77. The minimum Gasteiger partial charge on any atom is -0.355 e. The maximum atomic E-state index is 11.9. The lowest BCUT2D eigenvalue weighted by Gasteiger charge is -2.21. The molecule has 1 N–H and O–H groups in total. The highest BCUT2D eigenvalue weighted by Gasteiger charge is 2.40. The number of nitrogens with one attached hydrogen (secondary N) is 1. The van der Waals surface area contributed by atoms with Crippen molar-refractivity contribution in [2.75, 3.05) is 6.54 Å². The highest BCUT2D eigenvalue weighted by molar-refractivity contribution is 6.21. The van der Waals surface area contributed by atoms with Crippen LogP contribution in [0.4, 0.5) is 0 Å². The van der Waals surface area contributed by atoms with Crippen LogP contribution in [0.1, 0.15) is 44.9 Å². The Kier molecular flexibility index (Phi) is 3.34. The molecule has 0 saturated heterocycles. The van der Waals surface area contributed by atoms with Crippen LogP contribution in [0.5, 0.6) is 0 Å². The number of hydrogen-bond acceptors (Lipinski definition) is 1. The molecule has 3 aliphatic rings. The van der Waals surface area contributed by atoms with Crippen molar-refractivity contribution in [2.24, 2.45) is 23.7 Å². The Bertz CT molecular complexity index is 303. The predicted octanol–water partition coefficient (Wildman–Crippen LogP) is 2.95. The van der Waals surface area contributed by atoms with Crippen molar-refractivity contribution in [3.63, 3.8) is 0 Å². The first-order valence-corrected chi connectivity index (χ1v) is 7.57. The minimum absolute atomic E-state index is 0.166. The number of amides is 1. The van der Waals surface area contributed by atoms with Gasteiger partial charge in [0.15, 0.2) is 0 Å². The van der Waals surface area contributed by atoms with Gasteiger partial charge >= 0.3 is 0 Å². The van der Waals surface area contributed by atoms with E-state index in [1.807, 2.05) is 0 Å². The summed E-state index contributed by atoms with van der Waals surface area (Å²) in [5, 5.41) is 3.18. The molecule has 17 heavy (non-hydrogen) atoms. The van der Waals surface area contributed by atoms with Crippen LogP contribution in [0.3, 0.4) is 0 Å². The van der Waals surface area contributed by atoms with E-state index in [-0.39, 0.29) is 11.3 Å². The summed E-state index contributed by atoms with van der Waals surface area (Å²) in [6, 6.07) is 0. The summed E-state index contributed by atoms with van der Waals surface area (Å²) in [7, 11) is 0. The van der Waals surface area contributed by atoms with Gasteiger partial charge in [0.2, 0.25) is 5.91 Å². The quantitative estimate of drug-likeness (QED) is 0.752. The van der Waals surface area contributed by atoms with Crippen molar-refractivity contribution >= 4 is 17.5 Å². The molecule has 0 aliphatic heterocycles. The fraction of sp³-hybridized carbons (Fsp3) is 0.929. The van der Waals surface area contributed by atoms with Gasteiger partial charge in [-0.3, -0.25) is 4.79 Å². The van der Waals surface area contributed by atoms with Crippen LogP contribution in [0, 0.1) is 23.7 Å². The summed E-state index contributed by atoms with van der Waals surface area (Å²) in [5.41, 5.74) is 0. The lowest BCUT2D eigenvalue weighted by atomic mass is 9.86. The minimum atomic E-state index is 0.166. The van der Waals surface area contributed by atoms with Gasteiger partial charge in [0.05, 0.1) is 5.38 Å². The Morgan fingerprint density at radius 3 is 2.65 bits per heavy atom. The zero-order valence-corrected chi connectivity index (χ0v) is 11.1. The lowest BCUT2D eigenvalue weighted by Crippen LogP contribution is -2.32. The van der Waals surface area contributed by atoms with Gasteiger partial charge in [-0.25, -0.2) is 0 Å². The lowest BCUT2D eigenvalue weighted by molar-refractivity contribution is -0.122. The maximum absolute atomic E-state index is 11.9. The average molecular weight is 256 g/mol. The number of hydrogen-bond donors (Lipinski definition) is 1. The first-order chi connectivity index (χ1) is 8.22. The van der Waals surface area contributed by atoms with Crippen molar-refractivity contribution in [3.8, 4) is 0 Å². The number of halogens is 1. The Labute approximate surface area is 108 Å². The van der Waals surface area contributed by atoms with Crippen molar-refractivity contribution < 1.29 is 4.79 Å². The van der Waals surface area contributed by atoms with Crippen LogP contribution < -0.4 is 5.32 Å². The molecule has 4 atom stereocenters. The number of fused-ring (bicyclic) bond motifs is 2. The molecule has 4 unspecified atom stereocenters. The molecule has 96 valence electrons. The molecule has 3 fully saturated rings. The van der Waals surface area contributed by atoms with Gasteiger partial charge in [-0.2, -0.15) is 0 Å². The summed E-state index contributed by atoms with van der Waals surface area (Å²) in [5.74, 6) is 3.35. The molecule has 2 bridgehead atoms. The molecule has 0 radical (unpaired) electrons. The highest BCUT2D eigenvalue weighted by Crippen LogP contribution is 2.49. The van der Waals surface area contributed by atoms with E-state index in [2.05, 4.69) is 5.32 Å². The second kappa shape index (κ2) is 4.79.